The third-order valence-corrected chi connectivity index (χ3v) is 2.67. The van der Waals surface area contributed by atoms with Crippen LogP contribution in [0.4, 0.5) is 5.69 Å². The zero-order chi connectivity index (χ0) is 11.8. The molecule has 1 saturated heterocycles. The lowest BCUT2D eigenvalue weighted by Gasteiger charge is -2.39. The van der Waals surface area contributed by atoms with Crippen LogP contribution in [0.15, 0.2) is 18.2 Å². The number of nitrogens with zero attached hydrogens (tertiary/aromatic N) is 1. The molecule has 0 aliphatic carbocycles. The van der Waals surface area contributed by atoms with Crippen molar-refractivity contribution in [2.24, 2.45) is 0 Å². The molecule has 1 aromatic carbocycles. The predicted octanol–water partition coefficient (Wildman–Crippen LogP) is 1.64. The fourth-order valence-corrected chi connectivity index (χ4v) is 1.67. The van der Waals surface area contributed by atoms with E-state index in [-0.39, 0.29) is 11.3 Å². The Morgan fingerprint density at radius 2 is 2.19 bits per heavy atom. The standard InChI is InChI=1S/C11H14N2O3/c1-8-3-4-9(13(14)15)10(5-8)16-11(2)6-12-7-11/h3-5,12H,6-7H2,1-2H3. The van der Waals surface area contributed by atoms with Gasteiger partial charge in [0.1, 0.15) is 5.60 Å². The van der Waals surface area contributed by atoms with Gasteiger partial charge in [-0.25, -0.2) is 0 Å². The summed E-state index contributed by atoms with van der Waals surface area (Å²) >= 11 is 0. The third kappa shape index (κ3) is 1.99. The van der Waals surface area contributed by atoms with E-state index in [4.69, 9.17) is 4.74 Å². The molecule has 1 fully saturated rings. The van der Waals surface area contributed by atoms with Crippen LogP contribution < -0.4 is 10.1 Å². The van der Waals surface area contributed by atoms with Crippen LogP contribution in [0.3, 0.4) is 0 Å². The number of nitrogens with one attached hydrogen (secondary N) is 1. The van der Waals surface area contributed by atoms with Gasteiger partial charge >= 0.3 is 5.69 Å². The van der Waals surface area contributed by atoms with Crippen LogP contribution in [0.5, 0.6) is 5.75 Å². The van der Waals surface area contributed by atoms with Crippen LogP contribution in [0.1, 0.15) is 12.5 Å². The van der Waals surface area contributed by atoms with Gasteiger partial charge in [-0.1, -0.05) is 6.07 Å². The fraction of sp³-hybridized carbons (Fsp3) is 0.455. The van der Waals surface area contributed by atoms with Crippen LogP contribution in [-0.4, -0.2) is 23.6 Å². The van der Waals surface area contributed by atoms with Crippen molar-refractivity contribution in [2.75, 3.05) is 13.1 Å². The predicted molar refractivity (Wildman–Crippen MR) is 59.7 cm³/mol. The molecule has 0 bridgehead atoms. The first-order valence-corrected chi connectivity index (χ1v) is 5.15. The van der Waals surface area contributed by atoms with Crippen molar-refractivity contribution < 1.29 is 9.66 Å². The lowest BCUT2D eigenvalue weighted by Crippen LogP contribution is -2.61. The highest BCUT2D eigenvalue weighted by Gasteiger charge is 2.35. The van der Waals surface area contributed by atoms with Crippen LogP contribution in [0, 0.1) is 17.0 Å². The Labute approximate surface area is 93.6 Å². The quantitative estimate of drug-likeness (QED) is 0.623. The van der Waals surface area contributed by atoms with Gasteiger partial charge in [0, 0.05) is 19.2 Å². The van der Waals surface area contributed by atoms with E-state index in [0.717, 1.165) is 18.7 Å². The van der Waals surface area contributed by atoms with Crippen molar-refractivity contribution in [2.45, 2.75) is 19.4 Å². The van der Waals surface area contributed by atoms with Crippen molar-refractivity contribution in [1.82, 2.24) is 5.32 Å². The molecule has 0 spiro atoms. The van der Waals surface area contributed by atoms with Crippen LogP contribution in [0.25, 0.3) is 0 Å². The molecule has 0 atom stereocenters. The lowest BCUT2D eigenvalue weighted by molar-refractivity contribution is -0.386. The summed E-state index contributed by atoms with van der Waals surface area (Å²) in [5.74, 6) is 0.356. The molecule has 5 heteroatoms. The van der Waals surface area contributed by atoms with E-state index < -0.39 is 4.92 Å². The Morgan fingerprint density at radius 1 is 1.50 bits per heavy atom. The lowest BCUT2D eigenvalue weighted by atomic mass is 10.00. The Bertz CT molecular complexity index is 427. The van der Waals surface area contributed by atoms with Gasteiger partial charge in [-0.2, -0.15) is 0 Å². The molecule has 2 rings (SSSR count). The second-order valence-corrected chi connectivity index (χ2v) is 4.38. The molecular weight excluding hydrogens is 208 g/mol. The number of hydrogen-bond acceptors (Lipinski definition) is 4. The molecule has 1 aromatic rings. The van der Waals surface area contributed by atoms with Gasteiger partial charge in [-0.3, -0.25) is 10.1 Å². The summed E-state index contributed by atoms with van der Waals surface area (Å²) in [6.45, 7) is 5.27. The van der Waals surface area contributed by atoms with E-state index in [1.165, 1.54) is 6.07 Å². The number of aryl methyl sites for hydroxylation is 1. The Morgan fingerprint density at radius 3 is 2.69 bits per heavy atom. The molecule has 0 saturated carbocycles. The topological polar surface area (TPSA) is 64.4 Å². The second-order valence-electron chi connectivity index (χ2n) is 4.38. The number of benzene rings is 1. The molecule has 16 heavy (non-hydrogen) atoms. The highest BCUT2D eigenvalue weighted by atomic mass is 16.6. The van der Waals surface area contributed by atoms with Gasteiger partial charge < -0.3 is 10.1 Å². The molecule has 1 N–H and O–H groups in total. The van der Waals surface area contributed by atoms with Gasteiger partial charge in [-0.15, -0.1) is 0 Å². The molecule has 1 heterocycles. The van der Waals surface area contributed by atoms with E-state index >= 15 is 0 Å². The van der Waals surface area contributed by atoms with E-state index in [1.807, 2.05) is 13.8 Å². The minimum absolute atomic E-state index is 0.0266. The number of hydrogen-bond donors (Lipinski definition) is 1. The van der Waals surface area contributed by atoms with E-state index in [0.29, 0.717) is 5.75 Å². The van der Waals surface area contributed by atoms with Crippen molar-refractivity contribution in [1.29, 1.82) is 0 Å². The SMILES string of the molecule is Cc1ccc([N+](=O)[O-])c(OC2(C)CNC2)c1. The maximum atomic E-state index is 10.8. The van der Waals surface area contributed by atoms with Crippen molar-refractivity contribution >= 4 is 5.69 Å². The van der Waals surface area contributed by atoms with Crippen molar-refractivity contribution in [3.8, 4) is 5.75 Å². The van der Waals surface area contributed by atoms with E-state index in [9.17, 15) is 10.1 Å². The summed E-state index contributed by atoms with van der Waals surface area (Å²) < 4.78 is 5.71. The average molecular weight is 222 g/mol. The maximum absolute atomic E-state index is 10.8. The number of nitro benzene ring substituents is 1. The molecule has 86 valence electrons. The van der Waals surface area contributed by atoms with Gasteiger partial charge in [-0.05, 0) is 25.5 Å². The first-order chi connectivity index (χ1) is 7.50. The highest BCUT2D eigenvalue weighted by Crippen LogP contribution is 2.31. The van der Waals surface area contributed by atoms with E-state index in [1.54, 1.807) is 12.1 Å². The van der Waals surface area contributed by atoms with Crippen LogP contribution in [-0.2, 0) is 0 Å². The smallest absolute Gasteiger partial charge is 0.310 e. The second kappa shape index (κ2) is 3.75. The van der Waals surface area contributed by atoms with E-state index in [2.05, 4.69) is 5.32 Å². The number of rotatable bonds is 3. The number of ether oxygens (including phenoxy) is 1. The Hall–Kier alpha value is -1.62. The molecule has 0 aromatic heterocycles. The molecule has 0 amide bonds. The summed E-state index contributed by atoms with van der Waals surface area (Å²) in [5.41, 5.74) is 0.661. The first kappa shape index (κ1) is 10.9. The largest absolute Gasteiger partial charge is 0.478 e. The van der Waals surface area contributed by atoms with Crippen molar-refractivity contribution in [3.05, 3.63) is 33.9 Å². The molecule has 0 unspecified atom stereocenters. The number of nitro groups is 1. The summed E-state index contributed by atoms with van der Waals surface area (Å²) in [6.07, 6.45) is 0. The summed E-state index contributed by atoms with van der Waals surface area (Å²) in [6, 6.07) is 4.91. The van der Waals surface area contributed by atoms with Gasteiger partial charge in [0.2, 0.25) is 0 Å². The normalized spacial score (nSPS) is 17.6. The monoisotopic (exact) mass is 222 g/mol. The minimum Gasteiger partial charge on any atom is -0.478 e. The molecule has 5 nitrogen and oxygen atoms in total. The summed E-state index contributed by atoms with van der Waals surface area (Å²) in [5, 5.41) is 13.9. The van der Waals surface area contributed by atoms with Crippen LogP contribution >= 0.6 is 0 Å². The molecule has 1 aliphatic heterocycles. The molecule has 1 aliphatic rings. The Kier molecular flexibility index (Phi) is 2.55. The van der Waals surface area contributed by atoms with Crippen molar-refractivity contribution in [3.63, 3.8) is 0 Å². The highest BCUT2D eigenvalue weighted by molar-refractivity contribution is 5.48. The average Bonchev–Trinajstić information content (AvgIpc) is 2.15. The van der Waals surface area contributed by atoms with Gasteiger partial charge in [0.25, 0.3) is 0 Å². The Balaban J connectivity index is 2.30. The maximum Gasteiger partial charge on any atom is 0.310 e. The van der Waals surface area contributed by atoms with Gasteiger partial charge in [0.15, 0.2) is 5.75 Å². The fourth-order valence-electron chi connectivity index (χ4n) is 1.67. The third-order valence-electron chi connectivity index (χ3n) is 2.67. The first-order valence-electron chi connectivity index (χ1n) is 5.15. The minimum atomic E-state index is -0.412. The summed E-state index contributed by atoms with van der Waals surface area (Å²) in [4.78, 5) is 10.4. The summed E-state index contributed by atoms with van der Waals surface area (Å²) in [7, 11) is 0. The van der Waals surface area contributed by atoms with Crippen LogP contribution in [0.2, 0.25) is 0 Å². The zero-order valence-electron chi connectivity index (χ0n) is 9.32. The van der Waals surface area contributed by atoms with Gasteiger partial charge in [0.05, 0.1) is 4.92 Å². The zero-order valence-corrected chi connectivity index (χ0v) is 9.32. The molecule has 0 radical (unpaired) electrons. The molecular formula is C11H14N2O3.